The zero-order valence-electron chi connectivity index (χ0n) is 14.7. The Kier molecular flexibility index (Phi) is 3.94. The van der Waals surface area contributed by atoms with E-state index in [-0.39, 0.29) is 17.6 Å². The van der Waals surface area contributed by atoms with Gasteiger partial charge in [0, 0.05) is 32.2 Å². The van der Waals surface area contributed by atoms with E-state index in [9.17, 15) is 14.7 Å². The molecule has 0 saturated carbocycles. The van der Waals surface area contributed by atoms with Crippen molar-refractivity contribution in [3.63, 3.8) is 0 Å². The molecule has 2 aromatic rings. The number of aromatic nitrogens is 2. The number of likely N-dealkylation sites (tertiary alicyclic amines) is 2. The van der Waals surface area contributed by atoms with Crippen LogP contribution >= 0.6 is 0 Å². The highest BCUT2D eigenvalue weighted by molar-refractivity contribution is 5.95. The van der Waals surface area contributed by atoms with Crippen LogP contribution in [0.5, 0.6) is 5.75 Å². The smallest absolute Gasteiger partial charge is 0.271 e. The third-order valence-electron chi connectivity index (χ3n) is 5.58. The zero-order valence-corrected chi connectivity index (χ0v) is 14.7. The van der Waals surface area contributed by atoms with E-state index < -0.39 is 5.41 Å². The Balaban J connectivity index is 1.53. The summed E-state index contributed by atoms with van der Waals surface area (Å²) in [6.07, 6.45) is 2.53. The number of amides is 2. The van der Waals surface area contributed by atoms with E-state index >= 15 is 0 Å². The minimum absolute atomic E-state index is 0.119. The summed E-state index contributed by atoms with van der Waals surface area (Å²) in [4.78, 5) is 29.0. The number of para-hydroxylation sites is 1. The van der Waals surface area contributed by atoms with Gasteiger partial charge in [-0.15, -0.1) is 0 Å². The molecule has 4 rings (SSSR count). The Bertz CT molecular complexity index is 862. The molecule has 1 atom stereocenters. The van der Waals surface area contributed by atoms with Gasteiger partial charge in [-0.2, -0.15) is 5.10 Å². The first kappa shape index (κ1) is 16.6. The lowest BCUT2D eigenvalue weighted by Gasteiger charge is -2.37. The van der Waals surface area contributed by atoms with Crippen molar-refractivity contribution in [3.05, 3.63) is 36.0 Å². The van der Waals surface area contributed by atoms with Gasteiger partial charge in [0.05, 0.1) is 11.1 Å². The zero-order chi connectivity index (χ0) is 18.3. The summed E-state index contributed by atoms with van der Waals surface area (Å²) in [6.45, 7) is 1.82. The molecule has 2 fully saturated rings. The minimum Gasteiger partial charge on any atom is -0.507 e. The Morgan fingerprint density at radius 2 is 2.08 bits per heavy atom. The summed E-state index contributed by atoms with van der Waals surface area (Å²) in [5, 5.41) is 16.9. The van der Waals surface area contributed by atoms with E-state index in [1.165, 1.54) is 0 Å². The first-order valence-electron chi connectivity index (χ1n) is 8.89. The van der Waals surface area contributed by atoms with Crippen LogP contribution in [0, 0.1) is 5.41 Å². The van der Waals surface area contributed by atoms with Gasteiger partial charge in [0.1, 0.15) is 11.4 Å². The Labute approximate surface area is 151 Å². The van der Waals surface area contributed by atoms with E-state index in [2.05, 4.69) is 10.2 Å². The molecule has 0 radical (unpaired) electrons. The molecule has 7 nitrogen and oxygen atoms in total. The van der Waals surface area contributed by atoms with Crippen molar-refractivity contribution in [2.75, 3.05) is 26.7 Å². The van der Waals surface area contributed by atoms with Crippen molar-refractivity contribution in [3.8, 4) is 17.0 Å². The lowest BCUT2D eigenvalue weighted by atomic mass is 9.78. The number of aromatic amines is 1. The van der Waals surface area contributed by atoms with Gasteiger partial charge >= 0.3 is 0 Å². The molecular formula is C19H22N4O3. The fourth-order valence-corrected chi connectivity index (χ4v) is 4.12. The molecule has 7 heteroatoms. The fraction of sp³-hybridized carbons (Fsp3) is 0.421. The second-order valence-corrected chi connectivity index (χ2v) is 7.27. The van der Waals surface area contributed by atoms with Gasteiger partial charge in [-0.05, 0) is 37.5 Å². The van der Waals surface area contributed by atoms with Gasteiger partial charge in [-0.3, -0.25) is 14.7 Å². The molecule has 136 valence electrons. The number of H-pyrrole nitrogens is 1. The van der Waals surface area contributed by atoms with Gasteiger partial charge < -0.3 is 14.9 Å². The number of hydrogen-bond donors (Lipinski definition) is 2. The maximum absolute atomic E-state index is 12.9. The SMILES string of the molecule is CN1CCCC2(CCN(C(=O)c3cc(-c4ccccc4O)n[nH]3)C2)C1=O. The Hall–Kier alpha value is -2.83. The molecule has 2 aliphatic rings. The number of nitrogens with zero attached hydrogens (tertiary/aromatic N) is 3. The number of rotatable bonds is 2. The van der Waals surface area contributed by atoms with Crippen LogP contribution < -0.4 is 0 Å². The molecule has 26 heavy (non-hydrogen) atoms. The van der Waals surface area contributed by atoms with Crippen molar-refractivity contribution in [2.45, 2.75) is 19.3 Å². The average molecular weight is 354 g/mol. The van der Waals surface area contributed by atoms with E-state index in [0.717, 1.165) is 19.4 Å². The van der Waals surface area contributed by atoms with Crippen LogP contribution in [0.2, 0.25) is 0 Å². The molecule has 0 bridgehead atoms. The predicted molar refractivity (Wildman–Crippen MR) is 95.5 cm³/mol. The number of piperidine rings is 1. The predicted octanol–water partition coefficient (Wildman–Crippen LogP) is 1.87. The first-order chi connectivity index (χ1) is 12.5. The van der Waals surface area contributed by atoms with Crippen LogP contribution in [0.1, 0.15) is 29.8 Å². The highest BCUT2D eigenvalue weighted by atomic mass is 16.3. The summed E-state index contributed by atoms with van der Waals surface area (Å²) in [5.41, 5.74) is 1.04. The van der Waals surface area contributed by atoms with Crippen LogP contribution in [0.3, 0.4) is 0 Å². The van der Waals surface area contributed by atoms with E-state index in [0.29, 0.717) is 36.5 Å². The molecular weight excluding hydrogens is 332 g/mol. The first-order valence-corrected chi connectivity index (χ1v) is 8.89. The molecule has 2 N–H and O–H groups in total. The van der Waals surface area contributed by atoms with Crippen LogP contribution in [0.25, 0.3) is 11.3 Å². The number of phenolic OH excluding ortho intramolecular Hbond substituents is 1. The monoisotopic (exact) mass is 354 g/mol. The quantitative estimate of drug-likeness (QED) is 0.861. The van der Waals surface area contributed by atoms with E-state index in [1.807, 2.05) is 7.05 Å². The largest absolute Gasteiger partial charge is 0.507 e. The molecule has 1 spiro atoms. The van der Waals surface area contributed by atoms with Crippen molar-refractivity contribution >= 4 is 11.8 Å². The van der Waals surface area contributed by atoms with Crippen molar-refractivity contribution < 1.29 is 14.7 Å². The molecule has 1 aromatic carbocycles. The topological polar surface area (TPSA) is 89.5 Å². The van der Waals surface area contributed by atoms with Gasteiger partial charge in [-0.1, -0.05) is 12.1 Å². The third-order valence-corrected chi connectivity index (χ3v) is 5.58. The van der Waals surface area contributed by atoms with Gasteiger partial charge in [-0.25, -0.2) is 0 Å². The number of carbonyl (C=O) groups is 2. The van der Waals surface area contributed by atoms with Gasteiger partial charge in [0.25, 0.3) is 5.91 Å². The number of hydrogen-bond acceptors (Lipinski definition) is 4. The van der Waals surface area contributed by atoms with Crippen LogP contribution in [0.4, 0.5) is 0 Å². The summed E-state index contributed by atoms with van der Waals surface area (Å²) in [6, 6.07) is 8.53. The molecule has 0 aliphatic carbocycles. The van der Waals surface area contributed by atoms with Gasteiger partial charge in [0.2, 0.25) is 5.91 Å². The molecule has 3 heterocycles. The summed E-state index contributed by atoms with van der Waals surface area (Å²) in [5.74, 6) is 0.115. The molecule has 2 amide bonds. The molecule has 2 saturated heterocycles. The number of aromatic hydroxyl groups is 1. The maximum Gasteiger partial charge on any atom is 0.271 e. The normalized spacial score (nSPS) is 23.0. The lowest BCUT2D eigenvalue weighted by Crippen LogP contribution is -2.48. The third kappa shape index (κ3) is 2.64. The van der Waals surface area contributed by atoms with Crippen molar-refractivity contribution in [1.29, 1.82) is 0 Å². The second-order valence-electron chi connectivity index (χ2n) is 7.27. The summed E-state index contributed by atoms with van der Waals surface area (Å²) < 4.78 is 0. The standard InChI is InChI=1S/C19H22N4O3/c1-22-9-4-7-19(18(22)26)8-10-23(12-19)17(25)15-11-14(20-21-15)13-5-2-3-6-16(13)24/h2-3,5-6,11,24H,4,7-10,12H2,1H3,(H,20,21). The van der Waals surface area contributed by atoms with E-state index in [1.54, 1.807) is 40.1 Å². The molecule has 2 aliphatic heterocycles. The summed E-state index contributed by atoms with van der Waals surface area (Å²) in [7, 11) is 1.83. The highest BCUT2D eigenvalue weighted by Crippen LogP contribution is 2.40. The minimum atomic E-state index is -0.427. The molecule has 1 aromatic heterocycles. The van der Waals surface area contributed by atoms with Crippen LogP contribution in [0.15, 0.2) is 30.3 Å². The average Bonchev–Trinajstić information content (AvgIpc) is 3.28. The summed E-state index contributed by atoms with van der Waals surface area (Å²) >= 11 is 0. The van der Waals surface area contributed by atoms with Crippen molar-refractivity contribution in [2.24, 2.45) is 5.41 Å². The lowest BCUT2D eigenvalue weighted by molar-refractivity contribution is -0.143. The van der Waals surface area contributed by atoms with Crippen molar-refractivity contribution in [1.82, 2.24) is 20.0 Å². The van der Waals surface area contributed by atoms with Gasteiger partial charge in [0.15, 0.2) is 0 Å². The maximum atomic E-state index is 12.9. The molecule has 1 unspecified atom stereocenters. The second kappa shape index (κ2) is 6.16. The fourth-order valence-electron chi connectivity index (χ4n) is 4.12. The number of phenols is 1. The van der Waals surface area contributed by atoms with E-state index in [4.69, 9.17) is 0 Å². The number of carbonyl (C=O) groups excluding carboxylic acids is 2. The Morgan fingerprint density at radius 1 is 1.27 bits per heavy atom. The Morgan fingerprint density at radius 3 is 2.88 bits per heavy atom. The number of nitrogens with one attached hydrogen (secondary N) is 1. The van der Waals surface area contributed by atoms with Crippen LogP contribution in [-0.4, -0.2) is 63.6 Å². The number of benzene rings is 1. The highest BCUT2D eigenvalue weighted by Gasteiger charge is 2.48. The van der Waals surface area contributed by atoms with Crippen LogP contribution in [-0.2, 0) is 4.79 Å².